The van der Waals surface area contributed by atoms with Crippen LogP contribution in [0.15, 0.2) is 12.4 Å². The summed E-state index contributed by atoms with van der Waals surface area (Å²) in [6, 6.07) is 2.24. The lowest BCUT2D eigenvalue weighted by molar-refractivity contribution is -0.326. The highest BCUT2D eigenvalue weighted by Crippen LogP contribution is 2.85. The van der Waals surface area contributed by atoms with E-state index in [1.54, 1.807) is 6.20 Å². The third kappa shape index (κ3) is 2.59. The molecule has 1 aromatic heterocycles. The minimum Gasteiger partial charge on any atom is -0.271 e. The minimum atomic E-state index is 0.507. The Labute approximate surface area is 201 Å². The van der Waals surface area contributed by atoms with Crippen molar-refractivity contribution in [1.29, 1.82) is 5.26 Å². The smallest absolute Gasteiger partial charge is 0.102 e. The molecule has 31 heavy (non-hydrogen) atoms. The van der Waals surface area contributed by atoms with Crippen molar-refractivity contribution in [2.45, 2.75) is 88.5 Å². The fraction of sp³-hybridized carbons (Fsp3) is 0.852. The molecule has 10 atom stereocenters. The summed E-state index contributed by atoms with van der Waals surface area (Å²) in [4.78, 5) is 0. The maximum absolute atomic E-state index is 9.18. The first-order valence-corrected chi connectivity index (χ1v) is 14.0. The lowest BCUT2D eigenvalue weighted by Gasteiger charge is -2.83. The summed E-state index contributed by atoms with van der Waals surface area (Å²) in [5.41, 5.74) is 1.71. The largest absolute Gasteiger partial charge is 0.271 e. The zero-order valence-corrected chi connectivity index (χ0v) is 21.6. The van der Waals surface area contributed by atoms with E-state index in [0.29, 0.717) is 25.7 Å². The fourth-order valence-corrected chi connectivity index (χ4v) is 12.7. The normalized spacial score (nSPS) is 51.1. The van der Waals surface area contributed by atoms with Crippen LogP contribution in [-0.2, 0) is 6.54 Å². The molecule has 5 aliphatic carbocycles. The van der Waals surface area contributed by atoms with Crippen LogP contribution in [0.25, 0.3) is 0 Å². The van der Waals surface area contributed by atoms with E-state index in [1.165, 1.54) is 57.8 Å². The van der Waals surface area contributed by atoms with E-state index < -0.39 is 0 Å². The van der Waals surface area contributed by atoms with Crippen molar-refractivity contribution < 1.29 is 0 Å². The Balaban J connectivity index is 1.26. The molecule has 0 aromatic carbocycles. The number of fused-ring (bicyclic) bond motifs is 8. The summed E-state index contributed by atoms with van der Waals surface area (Å²) in [5.74, 6) is 6.50. The highest BCUT2D eigenvalue weighted by atomic mass is 127. The number of aromatic nitrogens is 2. The number of hydrogen-bond acceptors (Lipinski definition) is 2. The van der Waals surface area contributed by atoms with Gasteiger partial charge in [0.1, 0.15) is 6.07 Å². The molecule has 0 saturated heterocycles. The highest BCUT2D eigenvalue weighted by molar-refractivity contribution is 14.1. The number of alkyl halides is 1. The van der Waals surface area contributed by atoms with Gasteiger partial charge in [-0.3, -0.25) is 4.68 Å². The average Bonchev–Trinajstić information content (AvgIpc) is 3.17. The molecule has 0 amide bonds. The first-order valence-electron chi connectivity index (χ1n) is 12.9. The van der Waals surface area contributed by atoms with E-state index in [0.717, 1.165) is 42.1 Å². The monoisotopic (exact) mass is 531 g/mol. The first-order chi connectivity index (χ1) is 14.8. The molecular weight excluding hydrogens is 493 g/mol. The second kappa shape index (κ2) is 6.97. The van der Waals surface area contributed by atoms with E-state index in [-0.39, 0.29) is 0 Å². The van der Waals surface area contributed by atoms with Crippen LogP contribution >= 0.6 is 22.6 Å². The van der Waals surface area contributed by atoms with Gasteiger partial charge in [0.2, 0.25) is 0 Å². The molecule has 4 heteroatoms. The summed E-state index contributed by atoms with van der Waals surface area (Å²) < 4.78 is 2.60. The van der Waals surface area contributed by atoms with Crippen molar-refractivity contribution in [3.63, 3.8) is 0 Å². The van der Waals surface area contributed by atoms with Gasteiger partial charge in [-0.1, -0.05) is 49.8 Å². The molecule has 1 aromatic rings. The van der Waals surface area contributed by atoms with Crippen molar-refractivity contribution in [2.24, 2.45) is 52.3 Å². The zero-order chi connectivity index (χ0) is 21.6. The van der Waals surface area contributed by atoms with Gasteiger partial charge in [-0.15, -0.1) is 0 Å². The van der Waals surface area contributed by atoms with Crippen molar-refractivity contribution in [3.05, 3.63) is 18.0 Å². The Morgan fingerprint density at radius 3 is 2.71 bits per heavy atom. The van der Waals surface area contributed by atoms with Gasteiger partial charge in [-0.25, -0.2) is 0 Å². The van der Waals surface area contributed by atoms with Gasteiger partial charge in [0.15, 0.2) is 0 Å². The van der Waals surface area contributed by atoms with E-state index >= 15 is 0 Å². The quantitative estimate of drug-likeness (QED) is 0.316. The average molecular weight is 532 g/mol. The van der Waals surface area contributed by atoms with Gasteiger partial charge in [0, 0.05) is 16.2 Å². The van der Waals surface area contributed by atoms with Crippen LogP contribution in [-0.4, -0.2) is 13.2 Å². The molecule has 0 N–H and O–H groups in total. The van der Waals surface area contributed by atoms with Crippen molar-refractivity contribution in [2.75, 3.05) is 0 Å². The molecule has 5 saturated carbocycles. The number of hydrogen-bond donors (Lipinski definition) is 0. The van der Waals surface area contributed by atoms with Gasteiger partial charge < -0.3 is 0 Å². The Hall–Kier alpha value is -0.570. The van der Waals surface area contributed by atoms with E-state index in [9.17, 15) is 5.26 Å². The van der Waals surface area contributed by atoms with Gasteiger partial charge in [0.05, 0.1) is 11.8 Å². The van der Waals surface area contributed by atoms with Crippen LogP contribution in [0.1, 0.15) is 84.1 Å². The zero-order valence-electron chi connectivity index (χ0n) is 19.5. The van der Waals surface area contributed by atoms with Crippen LogP contribution in [0.3, 0.4) is 0 Å². The molecule has 0 radical (unpaired) electrons. The van der Waals surface area contributed by atoms with E-state index in [4.69, 9.17) is 0 Å². The molecule has 0 aliphatic heterocycles. The molecule has 0 bridgehead atoms. The molecular formula is C27H38IN3. The molecule has 3 nitrogen and oxygen atoms in total. The second-order valence-electron chi connectivity index (χ2n) is 12.5. The van der Waals surface area contributed by atoms with Gasteiger partial charge in [-0.05, 0) is 104 Å². The SMILES string of the molecule is C[C@H]1CC[C@H]2[C@H](CC[C@]3(I)[C@@H]2CC[C@@]2(C)[C@H]3C3CC[C@@]32[C@@H](C)Cn2cc(C#N)cn2)C1. The van der Waals surface area contributed by atoms with Crippen molar-refractivity contribution >= 4 is 22.6 Å². The van der Waals surface area contributed by atoms with Crippen LogP contribution in [0.5, 0.6) is 0 Å². The lowest BCUT2D eigenvalue weighted by atomic mass is 9.23. The van der Waals surface area contributed by atoms with Crippen LogP contribution in [0.2, 0.25) is 0 Å². The summed E-state index contributed by atoms with van der Waals surface area (Å²) in [5, 5.41) is 13.7. The number of halogens is 1. The minimum absolute atomic E-state index is 0.507. The van der Waals surface area contributed by atoms with Crippen LogP contribution in [0, 0.1) is 63.6 Å². The van der Waals surface area contributed by atoms with Crippen molar-refractivity contribution in [1.82, 2.24) is 9.78 Å². The Bertz CT molecular complexity index is 918. The predicted molar refractivity (Wildman–Crippen MR) is 132 cm³/mol. The summed E-state index contributed by atoms with van der Waals surface area (Å²) in [6.45, 7) is 8.65. The predicted octanol–water partition coefficient (Wildman–Crippen LogP) is 6.85. The molecule has 1 unspecified atom stereocenters. The van der Waals surface area contributed by atoms with Crippen molar-refractivity contribution in [3.8, 4) is 6.07 Å². The van der Waals surface area contributed by atoms with Crippen LogP contribution in [0.4, 0.5) is 0 Å². The number of rotatable bonds is 3. The molecule has 5 fully saturated rings. The number of nitrogens with zero attached hydrogens (tertiary/aromatic N) is 3. The molecule has 168 valence electrons. The van der Waals surface area contributed by atoms with Crippen LogP contribution < -0.4 is 0 Å². The Morgan fingerprint density at radius 1 is 1.19 bits per heavy atom. The fourth-order valence-electron chi connectivity index (χ4n) is 10.5. The van der Waals surface area contributed by atoms with Gasteiger partial charge in [0.25, 0.3) is 0 Å². The van der Waals surface area contributed by atoms with E-state index in [2.05, 4.69) is 54.5 Å². The third-order valence-electron chi connectivity index (χ3n) is 11.6. The number of nitriles is 1. The first kappa shape index (κ1) is 21.0. The lowest BCUT2D eigenvalue weighted by Crippen LogP contribution is -2.79. The second-order valence-corrected chi connectivity index (χ2v) is 14.5. The molecule has 5 aliphatic rings. The van der Waals surface area contributed by atoms with Gasteiger partial charge >= 0.3 is 0 Å². The maximum atomic E-state index is 9.18. The maximum Gasteiger partial charge on any atom is 0.102 e. The summed E-state index contributed by atoms with van der Waals surface area (Å²) >= 11 is 3.03. The topological polar surface area (TPSA) is 41.6 Å². The highest BCUT2D eigenvalue weighted by Gasteiger charge is 2.80. The summed E-state index contributed by atoms with van der Waals surface area (Å²) in [7, 11) is 0. The Morgan fingerprint density at radius 2 is 2.00 bits per heavy atom. The Kier molecular flexibility index (Phi) is 4.72. The molecule has 1 heterocycles. The third-order valence-corrected chi connectivity index (χ3v) is 13.6. The summed E-state index contributed by atoms with van der Waals surface area (Å²) in [6.07, 6.45) is 17.0. The standard InChI is InChI=1S/C27H38IN3/c1-17-4-5-21-20(12-17)6-11-27(28)22(21)7-9-25(3)24(27)23-8-10-26(23,25)18(2)15-31-16-19(13-29)14-30-31/h14,16-18,20-24H,4-12,15H2,1-3H3/t17-,18-,20+,21-,22+,23?,24+,25-,26+,27-/m0/s1. The molecule has 0 spiro atoms. The van der Waals surface area contributed by atoms with Gasteiger partial charge in [-0.2, -0.15) is 10.4 Å². The van der Waals surface area contributed by atoms with E-state index in [1.807, 2.05) is 10.9 Å². The molecule has 6 rings (SSSR count).